The van der Waals surface area contributed by atoms with Crippen molar-refractivity contribution < 1.29 is 8.42 Å². The summed E-state index contributed by atoms with van der Waals surface area (Å²) in [5, 5.41) is 5.39. The van der Waals surface area contributed by atoms with E-state index in [9.17, 15) is 8.42 Å². The van der Waals surface area contributed by atoms with Gasteiger partial charge >= 0.3 is 0 Å². The summed E-state index contributed by atoms with van der Waals surface area (Å²) in [7, 11) is -2.85. The Hall–Kier alpha value is -0.390. The van der Waals surface area contributed by atoms with Gasteiger partial charge in [-0.25, -0.2) is 8.42 Å². The van der Waals surface area contributed by atoms with Crippen molar-refractivity contribution in [2.24, 2.45) is 0 Å². The molecule has 0 aromatic carbocycles. The zero-order valence-corrected chi connectivity index (χ0v) is 11.4. The second-order valence-electron chi connectivity index (χ2n) is 3.96. The highest BCUT2D eigenvalue weighted by atomic mass is 32.2. The first-order valence-corrected chi connectivity index (χ1v) is 8.38. The molecule has 0 fully saturated rings. The molecule has 1 atom stereocenters. The number of hydrogen-bond donors (Lipinski definition) is 1. The normalized spacial score (nSPS) is 13.9. The van der Waals surface area contributed by atoms with Gasteiger partial charge in [0.2, 0.25) is 0 Å². The van der Waals surface area contributed by atoms with Crippen LogP contribution in [-0.4, -0.2) is 33.0 Å². The zero-order valence-electron chi connectivity index (χ0n) is 9.77. The topological polar surface area (TPSA) is 46.2 Å². The number of sulfone groups is 1. The SMILES string of the molecule is CCNC(CCS(C)(=O)=O)Cc1cccs1. The Morgan fingerprint density at radius 1 is 1.50 bits per heavy atom. The third-order valence-corrected chi connectivity index (χ3v) is 4.23. The second kappa shape index (κ2) is 6.37. The highest BCUT2D eigenvalue weighted by molar-refractivity contribution is 7.90. The third-order valence-electron chi connectivity index (χ3n) is 2.36. The largest absolute Gasteiger partial charge is 0.314 e. The fraction of sp³-hybridized carbons (Fsp3) is 0.636. The van der Waals surface area contributed by atoms with Crippen LogP contribution in [0.4, 0.5) is 0 Å². The van der Waals surface area contributed by atoms with E-state index in [1.54, 1.807) is 11.3 Å². The van der Waals surface area contributed by atoms with E-state index < -0.39 is 9.84 Å². The number of thiophene rings is 1. The summed E-state index contributed by atoms with van der Waals surface area (Å²) >= 11 is 1.72. The lowest BCUT2D eigenvalue weighted by atomic mass is 10.1. The van der Waals surface area contributed by atoms with Crippen LogP contribution in [-0.2, 0) is 16.3 Å². The Balaban J connectivity index is 2.47. The van der Waals surface area contributed by atoms with Crippen LogP contribution in [0.3, 0.4) is 0 Å². The summed E-state index contributed by atoms with van der Waals surface area (Å²) in [5.41, 5.74) is 0. The predicted molar refractivity (Wildman–Crippen MR) is 69.8 cm³/mol. The summed E-state index contributed by atoms with van der Waals surface area (Å²) in [4.78, 5) is 1.31. The zero-order chi connectivity index (χ0) is 12.0. The molecule has 0 bridgehead atoms. The molecule has 0 spiro atoms. The van der Waals surface area contributed by atoms with E-state index in [0.717, 1.165) is 13.0 Å². The van der Waals surface area contributed by atoms with Gasteiger partial charge in [-0.1, -0.05) is 13.0 Å². The van der Waals surface area contributed by atoms with Crippen molar-refractivity contribution in [1.29, 1.82) is 0 Å². The maximum Gasteiger partial charge on any atom is 0.147 e. The molecule has 0 amide bonds. The molecule has 1 heterocycles. The molecular formula is C11H19NO2S2. The lowest BCUT2D eigenvalue weighted by Crippen LogP contribution is -2.32. The number of likely N-dealkylation sites (N-methyl/N-ethyl adjacent to an activating group) is 1. The molecule has 1 N–H and O–H groups in total. The fourth-order valence-electron chi connectivity index (χ4n) is 1.59. The molecule has 1 unspecified atom stereocenters. The third kappa shape index (κ3) is 5.63. The van der Waals surface area contributed by atoms with E-state index in [2.05, 4.69) is 16.8 Å². The number of rotatable bonds is 7. The molecule has 0 aliphatic rings. The molecular weight excluding hydrogens is 242 g/mol. The average molecular weight is 261 g/mol. The van der Waals surface area contributed by atoms with E-state index in [-0.39, 0.29) is 11.8 Å². The first kappa shape index (κ1) is 13.7. The minimum atomic E-state index is -2.85. The highest BCUT2D eigenvalue weighted by Gasteiger charge is 2.12. The van der Waals surface area contributed by atoms with E-state index in [4.69, 9.17) is 0 Å². The van der Waals surface area contributed by atoms with Crippen LogP contribution in [0.2, 0.25) is 0 Å². The number of nitrogens with one attached hydrogen (secondary N) is 1. The first-order valence-electron chi connectivity index (χ1n) is 5.44. The van der Waals surface area contributed by atoms with Gasteiger partial charge in [0.1, 0.15) is 9.84 Å². The summed E-state index contributed by atoms with van der Waals surface area (Å²) < 4.78 is 22.2. The van der Waals surface area contributed by atoms with Gasteiger partial charge in [-0.05, 0) is 30.8 Å². The smallest absolute Gasteiger partial charge is 0.147 e. The van der Waals surface area contributed by atoms with Crippen LogP contribution in [0, 0.1) is 0 Å². The van der Waals surface area contributed by atoms with E-state index in [0.29, 0.717) is 6.42 Å². The van der Waals surface area contributed by atoms with Gasteiger partial charge in [0.25, 0.3) is 0 Å². The van der Waals surface area contributed by atoms with Gasteiger partial charge in [-0.15, -0.1) is 11.3 Å². The molecule has 5 heteroatoms. The molecule has 1 aromatic rings. The fourth-order valence-corrected chi connectivity index (χ4v) is 3.09. The average Bonchev–Trinajstić information content (AvgIpc) is 2.66. The molecule has 0 radical (unpaired) electrons. The molecule has 1 rings (SSSR count). The van der Waals surface area contributed by atoms with Gasteiger partial charge in [0.05, 0.1) is 5.75 Å². The van der Waals surface area contributed by atoms with Crippen LogP contribution in [0.5, 0.6) is 0 Å². The molecule has 3 nitrogen and oxygen atoms in total. The molecule has 0 saturated heterocycles. The van der Waals surface area contributed by atoms with Crippen molar-refractivity contribution in [2.45, 2.75) is 25.8 Å². The van der Waals surface area contributed by atoms with Gasteiger partial charge < -0.3 is 5.32 Å². The summed E-state index contributed by atoms with van der Waals surface area (Å²) in [6.07, 6.45) is 2.90. The molecule has 0 aliphatic heterocycles. The van der Waals surface area contributed by atoms with Crippen LogP contribution < -0.4 is 5.32 Å². The van der Waals surface area contributed by atoms with Crippen LogP contribution >= 0.6 is 11.3 Å². The van der Waals surface area contributed by atoms with Crippen LogP contribution in [0.25, 0.3) is 0 Å². The molecule has 92 valence electrons. The van der Waals surface area contributed by atoms with Crippen molar-refractivity contribution in [3.63, 3.8) is 0 Å². The Bertz CT molecular complexity index is 384. The van der Waals surface area contributed by atoms with Gasteiger partial charge in [-0.2, -0.15) is 0 Å². The minimum Gasteiger partial charge on any atom is -0.314 e. The predicted octanol–water partition coefficient (Wildman–Crippen LogP) is 1.70. The van der Waals surface area contributed by atoms with E-state index in [1.807, 2.05) is 13.0 Å². The Morgan fingerprint density at radius 3 is 2.75 bits per heavy atom. The molecule has 0 saturated carbocycles. The summed E-state index contributed by atoms with van der Waals surface area (Å²) in [5.74, 6) is 0.260. The van der Waals surface area contributed by atoms with Gasteiger partial charge in [0.15, 0.2) is 0 Å². The Morgan fingerprint density at radius 2 is 2.25 bits per heavy atom. The Labute approximate surface area is 102 Å². The monoisotopic (exact) mass is 261 g/mol. The van der Waals surface area contributed by atoms with Crippen molar-refractivity contribution >= 4 is 21.2 Å². The van der Waals surface area contributed by atoms with Gasteiger partial charge in [-0.3, -0.25) is 0 Å². The molecule has 16 heavy (non-hydrogen) atoms. The number of hydrogen-bond acceptors (Lipinski definition) is 4. The molecule has 0 aliphatic carbocycles. The minimum absolute atomic E-state index is 0.260. The standard InChI is InChI=1S/C11H19NO2S2/c1-3-12-10(6-8-16(2,13)14)9-11-5-4-7-15-11/h4-5,7,10,12H,3,6,8-9H2,1-2H3. The van der Waals surface area contributed by atoms with Crippen LogP contribution in [0.1, 0.15) is 18.2 Å². The maximum atomic E-state index is 11.1. The lowest BCUT2D eigenvalue weighted by Gasteiger charge is -2.16. The second-order valence-corrected chi connectivity index (χ2v) is 7.25. The van der Waals surface area contributed by atoms with Gasteiger partial charge in [0, 0.05) is 17.2 Å². The van der Waals surface area contributed by atoms with Crippen molar-refractivity contribution in [3.05, 3.63) is 22.4 Å². The summed E-state index contributed by atoms with van der Waals surface area (Å²) in [6, 6.07) is 4.38. The quantitative estimate of drug-likeness (QED) is 0.812. The summed E-state index contributed by atoms with van der Waals surface area (Å²) in [6.45, 7) is 2.92. The maximum absolute atomic E-state index is 11.1. The van der Waals surface area contributed by atoms with Crippen LogP contribution in [0.15, 0.2) is 17.5 Å². The lowest BCUT2D eigenvalue weighted by molar-refractivity contribution is 0.508. The Kier molecular flexibility index (Phi) is 5.44. The van der Waals surface area contributed by atoms with E-state index >= 15 is 0 Å². The van der Waals surface area contributed by atoms with Crippen molar-refractivity contribution in [1.82, 2.24) is 5.32 Å². The highest BCUT2D eigenvalue weighted by Crippen LogP contribution is 2.13. The van der Waals surface area contributed by atoms with Crippen molar-refractivity contribution in [3.8, 4) is 0 Å². The van der Waals surface area contributed by atoms with E-state index in [1.165, 1.54) is 11.1 Å². The van der Waals surface area contributed by atoms with Crippen molar-refractivity contribution in [2.75, 3.05) is 18.6 Å². The molecule has 1 aromatic heterocycles. The first-order chi connectivity index (χ1) is 7.51.